The zero-order valence-corrected chi connectivity index (χ0v) is 10.1. The van der Waals surface area contributed by atoms with Crippen LogP contribution < -0.4 is 0 Å². The standard InChI is InChI=1S/C12H6S3/c1-7-8(2-13-1)10-4-15-6-12(10)11-5-14-3-9(7)11/h1-6H. The molecule has 4 aromatic rings. The molecule has 0 aliphatic rings. The van der Waals surface area contributed by atoms with Gasteiger partial charge in [-0.3, -0.25) is 0 Å². The van der Waals surface area contributed by atoms with E-state index in [9.17, 15) is 0 Å². The Morgan fingerprint density at radius 1 is 0.400 bits per heavy atom. The zero-order valence-electron chi connectivity index (χ0n) is 7.69. The maximum absolute atomic E-state index is 2.27. The molecule has 0 atom stereocenters. The summed E-state index contributed by atoms with van der Waals surface area (Å²) in [6.45, 7) is 0. The van der Waals surface area contributed by atoms with Gasteiger partial charge in [-0.1, -0.05) is 0 Å². The Morgan fingerprint density at radius 3 is 0.800 bits per heavy atom. The lowest BCUT2D eigenvalue weighted by Crippen LogP contribution is -1.70. The van der Waals surface area contributed by atoms with E-state index in [1.54, 1.807) is 34.0 Å². The van der Waals surface area contributed by atoms with Gasteiger partial charge in [0, 0.05) is 32.3 Å². The van der Waals surface area contributed by atoms with E-state index in [0.29, 0.717) is 0 Å². The Bertz CT molecular complexity index is 575. The number of rotatable bonds is 0. The van der Waals surface area contributed by atoms with Crippen molar-refractivity contribution >= 4 is 66.3 Å². The van der Waals surface area contributed by atoms with Crippen LogP contribution in [0.3, 0.4) is 0 Å². The second-order valence-corrected chi connectivity index (χ2v) is 5.83. The molecule has 0 unspecified atom stereocenters. The van der Waals surface area contributed by atoms with Crippen LogP contribution in [0, 0.1) is 0 Å². The number of benzene rings is 1. The summed E-state index contributed by atoms with van der Waals surface area (Å²) < 4.78 is 0. The van der Waals surface area contributed by atoms with Crippen molar-refractivity contribution in [3.05, 3.63) is 32.3 Å². The summed E-state index contributed by atoms with van der Waals surface area (Å²) in [7, 11) is 0. The van der Waals surface area contributed by atoms with Crippen molar-refractivity contribution < 1.29 is 0 Å². The molecule has 0 amide bonds. The van der Waals surface area contributed by atoms with Crippen molar-refractivity contribution in [3.63, 3.8) is 0 Å². The highest BCUT2D eigenvalue weighted by Gasteiger charge is 2.09. The first kappa shape index (κ1) is 8.28. The molecule has 3 heterocycles. The number of hydrogen-bond donors (Lipinski definition) is 0. The topological polar surface area (TPSA) is 0 Å². The van der Waals surface area contributed by atoms with E-state index < -0.39 is 0 Å². The summed E-state index contributed by atoms with van der Waals surface area (Å²) in [6.07, 6.45) is 0. The van der Waals surface area contributed by atoms with Crippen LogP contribution in [0.15, 0.2) is 32.3 Å². The molecule has 4 rings (SSSR count). The molecule has 0 radical (unpaired) electrons. The SMILES string of the molecule is c1scc2c1c1cscc1c1cscc21. The molecule has 0 saturated carbocycles. The van der Waals surface area contributed by atoms with Crippen molar-refractivity contribution in [1.29, 1.82) is 0 Å². The summed E-state index contributed by atoms with van der Waals surface area (Å²) in [4.78, 5) is 0. The van der Waals surface area contributed by atoms with Gasteiger partial charge in [-0.15, -0.1) is 0 Å². The highest BCUT2D eigenvalue weighted by Crippen LogP contribution is 2.39. The molecule has 0 N–H and O–H groups in total. The first-order chi connectivity index (χ1) is 7.45. The Hall–Kier alpha value is -0.900. The molecule has 0 aliphatic heterocycles. The lowest BCUT2D eigenvalue weighted by molar-refractivity contribution is 2.16. The fourth-order valence-electron chi connectivity index (χ4n) is 2.14. The van der Waals surface area contributed by atoms with E-state index in [2.05, 4.69) is 32.3 Å². The van der Waals surface area contributed by atoms with Crippen molar-refractivity contribution in [1.82, 2.24) is 0 Å². The van der Waals surface area contributed by atoms with Gasteiger partial charge in [0.1, 0.15) is 0 Å². The lowest BCUT2D eigenvalue weighted by atomic mass is 10.0. The van der Waals surface area contributed by atoms with Crippen LogP contribution in [0.4, 0.5) is 0 Å². The van der Waals surface area contributed by atoms with Crippen LogP contribution in [-0.2, 0) is 0 Å². The Kier molecular flexibility index (Phi) is 1.55. The van der Waals surface area contributed by atoms with Crippen LogP contribution in [0.2, 0.25) is 0 Å². The van der Waals surface area contributed by atoms with Crippen LogP contribution in [0.25, 0.3) is 32.3 Å². The van der Waals surface area contributed by atoms with Gasteiger partial charge in [0.15, 0.2) is 0 Å². The van der Waals surface area contributed by atoms with E-state index in [-0.39, 0.29) is 0 Å². The fraction of sp³-hybridized carbons (Fsp3) is 0. The Labute approximate surface area is 98.4 Å². The van der Waals surface area contributed by atoms with Crippen molar-refractivity contribution in [2.24, 2.45) is 0 Å². The molecule has 72 valence electrons. The van der Waals surface area contributed by atoms with Crippen LogP contribution >= 0.6 is 34.0 Å². The molecule has 0 bridgehead atoms. The third kappa shape index (κ3) is 0.956. The third-order valence-corrected chi connectivity index (χ3v) is 5.09. The van der Waals surface area contributed by atoms with E-state index in [4.69, 9.17) is 0 Å². The highest BCUT2D eigenvalue weighted by atomic mass is 32.1. The Morgan fingerprint density at radius 2 is 0.600 bits per heavy atom. The van der Waals surface area contributed by atoms with Gasteiger partial charge in [-0.2, -0.15) is 34.0 Å². The first-order valence-corrected chi connectivity index (χ1v) is 7.47. The van der Waals surface area contributed by atoms with Gasteiger partial charge >= 0.3 is 0 Å². The molecule has 0 aliphatic carbocycles. The molecule has 0 nitrogen and oxygen atoms in total. The molecule has 3 aromatic heterocycles. The van der Waals surface area contributed by atoms with Crippen LogP contribution in [0.1, 0.15) is 0 Å². The third-order valence-electron chi connectivity index (χ3n) is 2.86. The fourth-order valence-corrected chi connectivity index (χ4v) is 4.69. The predicted molar refractivity (Wildman–Crippen MR) is 72.6 cm³/mol. The first-order valence-electron chi connectivity index (χ1n) is 4.65. The second-order valence-electron chi connectivity index (χ2n) is 3.60. The zero-order chi connectivity index (χ0) is 9.83. The molecule has 15 heavy (non-hydrogen) atoms. The maximum Gasteiger partial charge on any atom is 0.00170 e. The van der Waals surface area contributed by atoms with Crippen molar-refractivity contribution in [2.75, 3.05) is 0 Å². The lowest BCUT2D eigenvalue weighted by Gasteiger charge is -1.97. The minimum atomic E-state index is 1.42. The monoisotopic (exact) mass is 246 g/mol. The van der Waals surface area contributed by atoms with Crippen molar-refractivity contribution in [3.8, 4) is 0 Å². The highest BCUT2D eigenvalue weighted by molar-refractivity contribution is 7.12. The van der Waals surface area contributed by atoms with Gasteiger partial charge in [0.2, 0.25) is 0 Å². The van der Waals surface area contributed by atoms with E-state index in [1.807, 2.05) is 0 Å². The summed E-state index contributed by atoms with van der Waals surface area (Å²) >= 11 is 5.40. The van der Waals surface area contributed by atoms with Crippen molar-refractivity contribution in [2.45, 2.75) is 0 Å². The van der Waals surface area contributed by atoms with Gasteiger partial charge in [-0.05, 0) is 32.3 Å². The maximum atomic E-state index is 2.27. The number of fused-ring (bicyclic) bond motifs is 6. The molecular formula is C12H6S3. The van der Waals surface area contributed by atoms with Crippen LogP contribution in [0.5, 0.6) is 0 Å². The normalized spacial score (nSPS) is 12.0. The van der Waals surface area contributed by atoms with Gasteiger partial charge in [0.05, 0.1) is 0 Å². The molecule has 1 aromatic carbocycles. The van der Waals surface area contributed by atoms with E-state index in [0.717, 1.165) is 0 Å². The molecule has 0 fully saturated rings. The predicted octanol–water partition coefficient (Wildman–Crippen LogP) is 5.33. The number of thiophene rings is 3. The molecule has 3 heteroatoms. The number of hydrogen-bond acceptors (Lipinski definition) is 3. The minimum Gasteiger partial charge on any atom is -0.151 e. The second kappa shape index (κ2) is 2.82. The van der Waals surface area contributed by atoms with E-state index in [1.165, 1.54) is 32.3 Å². The van der Waals surface area contributed by atoms with Crippen LogP contribution in [-0.4, -0.2) is 0 Å². The average Bonchev–Trinajstić information content (AvgIpc) is 2.97. The summed E-state index contributed by atoms with van der Waals surface area (Å²) in [5, 5.41) is 22.1. The van der Waals surface area contributed by atoms with Gasteiger partial charge < -0.3 is 0 Å². The summed E-state index contributed by atoms with van der Waals surface area (Å²) in [5.41, 5.74) is 0. The van der Waals surface area contributed by atoms with Gasteiger partial charge in [-0.25, -0.2) is 0 Å². The molecule has 0 spiro atoms. The van der Waals surface area contributed by atoms with E-state index >= 15 is 0 Å². The average molecular weight is 246 g/mol. The largest absolute Gasteiger partial charge is 0.151 e. The Balaban J connectivity index is 2.56. The summed E-state index contributed by atoms with van der Waals surface area (Å²) in [6, 6.07) is 0. The smallest absolute Gasteiger partial charge is 0.00170 e. The quantitative estimate of drug-likeness (QED) is 0.393. The minimum absolute atomic E-state index is 1.42. The molecule has 0 saturated heterocycles. The van der Waals surface area contributed by atoms with Gasteiger partial charge in [0.25, 0.3) is 0 Å². The summed E-state index contributed by atoms with van der Waals surface area (Å²) in [5.74, 6) is 0. The molecular weight excluding hydrogens is 240 g/mol.